The van der Waals surface area contributed by atoms with Gasteiger partial charge in [-0.05, 0) is 35.9 Å². The van der Waals surface area contributed by atoms with Crippen LogP contribution in [0.1, 0.15) is 5.56 Å². The second-order valence-corrected chi connectivity index (χ2v) is 9.09. The summed E-state index contributed by atoms with van der Waals surface area (Å²) in [5.41, 5.74) is 8.67. The second kappa shape index (κ2) is 9.68. The maximum absolute atomic E-state index is 14.0. The van der Waals surface area contributed by atoms with Crippen LogP contribution in [-0.2, 0) is 0 Å². The second-order valence-electron chi connectivity index (χ2n) is 9.09. The summed E-state index contributed by atoms with van der Waals surface area (Å²) < 4.78 is 21.4. The largest absolute Gasteiger partial charge is 0.496 e. The molecule has 0 bridgehead atoms. The summed E-state index contributed by atoms with van der Waals surface area (Å²) in [5, 5.41) is 13.4. The Morgan fingerprint density at radius 1 is 1.03 bits per heavy atom. The smallest absolute Gasteiger partial charge is 0.246 e. The highest BCUT2D eigenvalue weighted by atomic mass is 19.1. The number of hydrazine groups is 1. The number of pyridine rings is 1. The van der Waals surface area contributed by atoms with Crippen molar-refractivity contribution in [2.24, 2.45) is 0 Å². The molecule has 1 saturated heterocycles. The lowest BCUT2D eigenvalue weighted by Crippen LogP contribution is -2.43. The van der Waals surface area contributed by atoms with Gasteiger partial charge in [0.25, 0.3) is 0 Å². The zero-order valence-corrected chi connectivity index (χ0v) is 20.7. The van der Waals surface area contributed by atoms with Crippen LogP contribution >= 0.6 is 0 Å². The van der Waals surface area contributed by atoms with E-state index in [0.29, 0.717) is 24.1 Å². The molecule has 37 heavy (non-hydrogen) atoms. The fourth-order valence-electron chi connectivity index (χ4n) is 4.77. The minimum atomic E-state index is -0.364. The van der Waals surface area contributed by atoms with E-state index >= 15 is 0 Å². The van der Waals surface area contributed by atoms with Crippen LogP contribution in [0.15, 0.2) is 55.0 Å². The molecule has 2 aliphatic rings. The van der Waals surface area contributed by atoms with Gasteiger partial charge in [-0.1, -0.05) is 0 Å². The average Bonchev–Trinajstić information content (AvgIpc) is 3.53. The Balaban J connectivity index is 1.38. The number of likely N-dealkylation sites (N-methyl/N-ethyl adjacent to an activating group) is 1. The van der Waals surface area contributed by atoms with E-state index in [9.17, 15) is 4.39 Å². The number of fused-ring (bicyclic) bond motifs is 1. The SMILES string of the molecule is COc1cc(F)ccc1-c1c(C2=CNN(C)C2)cc2cnc(Nc3ccc(N4CCNCC4)cn3)nn12. The lowest BCUT2D eigenvalue weighted by Gasteiger charge is -2.29. The number of benzene rings is 1. The first-order valence-electron chi connectivity index (χ1n) is 12.2. The van der Waals surface area contributed by atoms with Crippen molar-refractivity contribution >= 4 is 28.5 Å². The normalized spacial score (nSPS) is 16.1. The Labute approximate surface area is 213 Å². The van der Waals surface area contributed by atoms with Crippen LogP contribution in [0.25, 0.3) is 22.3 Å². The van der Waals surface area contributed by atoms with E-state index in [-0.39, 0.29) is 5.82 Å². The van der Waals surface area contributed by atoms with E-state index in [2.05, 4.69) is 37.0 Å². The minimum Gasteiger partial charge on any atom is -0.496 e. The Bertz CT molecular complexity index is 1460. The molecule has 11 heteroatoms. The van der Waals surface area contributed by atoms with Gasteiger partial charge < -0.3 is 25.7 Å². The lowest BCUT2D eigenvalue weighted by atomic mass is 10.0. The molecule has 190 valence electrons. The number of halogens is 1. The first-order chi connectivity index (χ1) is 18.1. The predicted octanol–water partition coefficient (Wildman–Crippen LogP) is 2.88. The maximum Gasteiger partial charge on any atom is 0.246 e. The van der Waals surface area contributed by atoms with Crippen LogP contribution in [0.5, 0.6) is 5.75 Å². The molecule has 1 fully saturated rings. The molecule has 10 nitrogen and oxygen atoms in total. The van der Waals surface area contributed by atoms with Gasteiger partial charge in [0, 0.05) is 63.2 Å². The lowest BCUT2D eigenvalue weighted by molar-refractivity contribution is 0.334. The number of methoxy groups -OCH3 is 1. The zero-order chi connectivity index (χ0) is 25.4. The molecular weight excluding hydrogens is 473 g/mol. The van der Waals surface area contributed by atoms with Crippen LogP contribution in [0, 0.1) is 5.82 Å². The van der Waals surface area contributed by atoms with Crippen LogP contribution < -0.4 is 25.7 Å². The van der Waals surface area contributed by atoms with Crippen molar-refractivity contribution < 1.29 is 9.13 Å². The summed E-state index contributed by atoms with van der Waals surface area (Å²) in [7, 11) is 3.51. The fourth-order valence-corrected chi connectivity index (χ4v) is 4.77. The van der Waals surface area contributed by atoms with Gasteiger partial charge in [-0.3, -0.25) is 0 Å². The molecule has 0 spiro atoms. The fraction of sp³-hybridized carbons (Fsp3) is 0.269. The average molecular weight is 502 g/mol. The molecule has 0 saturated carbocycles. The van der Waals surface area contributed by atoms with Crippen molar-refractivity contribution in [3.05, 3.63) is 66.4 Å². The third-order valence-electron chi connectivity index (χ3n) is 6.62. The van der Waals surface area contributed by atoms with Gasteiger partial charge in [0.05, 0.1) is 36.4 Å². The molecule has 2 aliphatic heterocycles. The summed E-state index contributed by atoms with van der Waals surface area (Å²) in [6, 6.07) is 10.6. The van der Waals surface area contributed by atoms with E-state index in [1.807, 2.05) is 41.1 Å². The highest BCUT2D eigenvalue weighted by molar-refractivity contribution is 5.87. The van der Waals surface area contributed by atoms with Gasteiger partial charge in [-0.25, -0.2) is 23.9 Å². The van der Waals surface area contributed by atoms with E-state index in [1.165, 1.54) is 19.2 Å². The highest BCUT2D eigenvalue weighted by Crippen LogP contribution is 2.38. The summed E-state index contributed by atoms with van der Waals surface area (Å²) in [6.07, 6.45) is 5.59. The first kappa shape index (κ1) is 23.2. The monoisotopic (exact) mass is 501 g/mol. The van der Waals surface area contributed by atoms with Gasteiger partial charge in [-0.15, -0.1) is 5.10 Å². The van der Waals surface area contributed by atoms with Crippen LogP contribution in [-0.4, -0.2) is 71.5 Å². The molecule has 0 atom stereocenters. The number of ether oxygens (including phenoxy) is 1. The number of nitrogens with one attached hydrogen (secondary N) is 3. The molecular formula is C26H28FN9O. The molecule has 1 aromatic carbocycles. The summed E-state index contributed by atoms with van der Waals surface area (Å²) in [6.45, 7) is 4.56. The number of hydrogen-bond acceptors (Lipinski definition) is 9. The van der Waals surface area contributed by atoms with Gasteiger partial charge in [0.15, 0.2) is 0 Å². The molecule has 0 aliphatic carbocycles. The van der Waals surface area contributed by atoms with Gasteiger partial charge >= 0.3 is 0 Å². The Morgan fingerprint density at radius 2 is 1.89 bits per heavy atom. The molecule has 4 aromatic rings. The van der Waals surface area contributed by atoms with E-state index < -0.39 is 0 Å². The summed E-state index contributed by atoms with van der Waals surface area (Å²) >= 11 is 0. The minimum absolute atomic E-state index is 0.364. The summed E-state index contributed by atoms with van der Waals surface area (Å²) in [5.74, 6) is 1.11. The number of aromatic nitrogens is 4. The van der Waals surface area contributed by atoms with Crippen molar-refractivity contribution in [1.29, 1.82) is 0 Å². The topological polar surface area (TPSA) is 94.9 Å². The van der Waals surface area contributed by atoms with E-state index in [4.69, 9.17) is 9.84 Å². The highest BCUT2D eigenvalue weighted by Gasteiger charge is 2.23. The predicted molar refractivity (Wildman–Crippen MR) is 141 cm³/mol. The van der Waals surface area contributed by atoms with E-state index in [0.717, 1.165) is 59.8 Å². The molecule has 0 amide bonds. The third-order valence-corrected chi connectivity index (χ3v) is 6.62. The van der Waals surface area contributed by atoms with Crippen molar-refractivity contribution in [3.63, 3.8) is 0 Å². The van der Waals surface area contributed by atoms with Crippen LogP contribution in [0.2, 0.25) is 0 Å². The number of hydrogen-bond donors (Lipinski definition) is 3. The summed E-state index contributed by atoms with van der Waals surface area (Å²) in [4.78, 5) is 11.4. The van der Waals surface area contributed by atoms with E-state index in [1.54, 1.807) is 12.3 Å². The molecule has 0 unspecified atom stereocenters. The Morgan fingerprint density at radius 3 is 2.62 bits per heavy atom. The zero-order valence-electron chi connectivity index (χ0n) is 20.7. The number of rotatable bonds is 6. The quantitative estimate of drug-likeness (QED) is 0.369. The molecule has 0 radical (unpaired) electrons. The van der Waals surface area contributed by atoms with Crippen LogP contribution in [0.3, 0.4) is 0 Å². The maximum atomic E-state index is 14.0. The van der Waals surface area contributed by atoms with Crippen molar-refractivity contribution in [2.75, 3.05) is 57.1 Å². The number of nitrogens with zero attached hydrogens (tertiary/aromatic N) is 6. The number of anilines is 3. The Kier molecular flexibility index (Phi) is 6.07. The molecule has 6 rings (SSSR count). The van der Waals surface area contributed by atoms with Gasteiger partial charge in [0.1, 0.15) is 17.4 Å². The van der Waals surface area contributed by atoms with Crippen molar-refractivity contribution in [2.45, 2.75) is 0 Å². The Hall–Kier alpha value is -4.22. The van der Waals surface area contributed by atoms with Crippen molar-refractivity contribution in [3.8, 4) is 17.0 Å². The first-order valence-corrected chi connectivity index (χ1v) is 12.2. The standard InChI is InChI=1S/C26H28FN9O/c1-34-16-17(13-31-34)22-12-20-15-30-26(32-24-6-4-19(14-29-24)35-9-7-28-8-10-35)33-36(20)25(22)21-5-3-18(27)11-23(21)37-2/h3-6,11-15,28,31H,7-10,16H2,1-2H3,(H,29,32,33). The number of piperazine rings is 1. The molecule has 3 aromatic heterocycles. The molecule has 3 N–H and O–H groups in total. The van der Waals surface area contributed by atoms with Gasteiger partial charge in [0.2, 0.25) is 5.95 Å². The van der Waals surface area contributed by atoms with Gasteiger partial charge in [-0.2, -0.15) is 0 Å². The molecule has 5 heterocycles. The van der Waals surface area contributed by atoms with Crippen LogP contribution in [0.4, 0.5) is 21.8 Å². The third kappa shape index (κ3) is 4.54. The van der Waals surface area contributed by atoms with Crippen molar-refractivity contribution in [1.82, 2.24) is 35.3 Å².